The Morgan fingerprint density at radius 1 is 1.18 bits per heavy atom. The van der Waals surface area contributed by atoms with Gasteiger partial charge in [-0.3, -0.25) is 9.59 Å². The molecule has 0 fully saturated rings. The van der Waals surface area contributed by atoms with Crippen LogP contribution in [0.1, 0.15) is 18.1 Å². The van der Waals surface area contributed by atoms with Crippen LogP contribution in [0, 0.1) is 18.3 Å². The molecular formula is C21H18N4O2S. The second-order valence-corrected chi connectivity index (χ2v) is 7.52. The van der Waals surface area contributed by atoms with E-state index >= 15 is 0 Å². The molecule has 3 aromatic rings. The Hall–Kier alpha value is -3.37. The minimum atomic E-state index is -0.523. The molecule has 0 aliphatic rings. The molecular weight excluding hydrogens is 372 g/mol. The molecule has 0 aliphatic heterocycles. The SMILES string of the molecule is Cc1ccc(NC(=O)C(C)Sc2nc(-c3ccccc3)c(C#N)c(=O)[nH]2)cc1. The molecule has 7 heteroatoms. The van der Waals surface area contributed by atoms with Crippen molar-refractivity contribution in [2.45, 2.75) is 24.3 Å². The summed E-state index contributed by atoms with van der Waals surface area (Å²) >= 11 is 1.13. The molecule has 6 nitrogen and oxygen atoms in total. The topological polar surface area (TPSA) is 98.6 Å². The van der Waals surface area contributed by atoms with Gasteiger partial charge in [0, 0.05) is 11.3 Å². The van der Waals surface area contributed by atoms with Gasteiger partial charge in [0.1, 0.15) is 11.6 Å². The monoisotopic (exact) mass is 390 g/mol. The number of nitrogens with zero attached hydrogens (tertiary/aromatic N) is 2. The fraction of sp³-hybridized carbons (Fsp3) is 0.143. The fourth-order valence-electron chi connectivity index (χ4n) is 2.52. The second kappa shape index (κ2) is 8.55. The minimum absolute atomic E-state index is 0.0488. The van der Waals surface area contributed by atoms with Crippen molar-refractivity contribution in [2.75, 3.05) is 5.32 Å². The number of rotatable bonds is 5. The standard InChI is InChI=1S/C21H18N4O2S/c1-13-8-10-16(11-9-13)23-19(26)14(2)28-21-24-18(15-6-4-3-5-7-15)17(12-22)20(27)25-21/h3-11,14H,1-2H3,(H,23,26)(H,24,25,27). The second-order valence-electron chi connectivity index (χ2n) is 6.19. The first-order chi connectivity index (χ1) is 13.5. The fourth-order valence-corrected chi connectivity index (χ4v) is 3.32. The molecule has 0 saturated heterocycles. The molecule has 1 aromatic heterocycles. The molecule has 0 saturated carbocycles. The molecule has 3 rings (SSSR count). The summed E-state index contributed by atoms with van der Waals surface area (Å²) in [6, 6.07) is 18.4. The maximum absolute atomic E-state index is 12.5. The summed E-state index contributed by atoms with van der Waals surface area (Å²) in [6.45, 7) is 3.70. The Kier molecular flexibility index (Phi) is 5.92. The van der Waals surface area contributed by atoms with E-state index in [1.54, 1.807) is 19.1 Å². The normalized spacial score (nSPS) is 11.5. The summed E-state index contributed by atoms with van der Waals surface area (Å²) in [6.07, 6.45) is 0. The van der Waals surface area contributed by atoms with Crippen LogP contribution in [0.4, 0.5) is 5.69 Å². The number of anilines is 1. The smallest absolute Gasteiger partial charge is 0.270 e. The molecule has 1 amide bonds. The molecule has 2 N–H and O–H groups in total. The molecule has 0 bridgehead atoms. The molecule has 28 heavy (non-hydrogen) atoms. The Morgan fingerprint density at radius 2 is 1.86 bits per heavy atom. The molecule has 0 spiro atoms. The van der Waals surface area contributed by atoms with E-state index in [0.29, 0.717) is 16.9 Å². The number of amides is 1. The van der Waals surface area contributed by atoms with Crippen molar-refractivity contribution < 1.29 is 4.79 Å². The van der Waals surface area contributed by atoms with Crippen molar-refractivity contribution >= 4 is 23.4 Å². The Morgan fingerprint density at radius 3 is 2.50 bits per heavy atom. The van der Waals surface area contributed by atoms with Gasteiger partial charge in [-0.1, -0.05) is 59.8 Å². The van der Waals surface area contributed by atoms with Gasteiger partial charge >= 0.3 is 0 Å². The van der Waals surface area contributed by atoms with Crippen molar-refractivity contribution in [3.63, 3.8) is 0 Å². The van der Waals surface area contributed by atoms with Gasteiger partial charge in [-0.2, -0.15) is 5.26 Å². The number of hydrogen-bond donors (Lipinski definition) is 2. The lowest BCUT2D eigenvalue weighted by Gasteiger charge is -2.12. The number of aromatic amines is 1. The summed E-state index contributed by atoms with van der Waals surface area (Å²) in [5.74, 6) is -0.206. The summed E-state index contributed by atoms with van der Waals surface area (Å²) in [5, 5.41) is 12.0. The third-order valence-corrected chi connectivity index (χ3v) is 5.02. The first-order valence-electron chi connectivity index (χ1n) is 8.62. The highest BCUT2D eigenvalue weighted by molar-refractivity contribution is 8.00. The zero-order valence-electron chi connectivity index (χ0n) is 15.4. The molecule has 0 aliphatic carbocycles. The van der Waals surface area contributed by atoms with E-state index in [-0.39, 0.29) is 16.6 Å². The van der Waals surface area contributed by atoms with Crippen LogP contribution in [0.2, 0.25) is 0 Å². The highest BCUT2D eigenvalue weighted by Crippen LogP contribution is 2.24. The van der Waals surface area contributed by atoms with E-state index in [1.165, 1.54) is 0 Å². The number of hydrogen-bond acceptors (Lipinski definition) is 5. The zero-order chi connectivity index (χ0) is 20.1. The van der Waals surface area contributed by atoms with Gasteiger partial charge in [0.15, 0.2) is 5.16 Å². The quantitative estimate of drug-likeness (QED) is 0.511. The number of carbonyl (C=O) groups excluding carboxylic acids is 1. The van der Waals surface area contributed by atoms with Crippen LogP contribution >= 0.6 is 11.8 Å². The predicted octanol–water partition coefficient (Wildman–Crippen LogP) is 3.74. The number of carbonyl (C=O) groups is 1. The van der Waals surface area contributed by atoms with Crippen molar-refractivity contribution in [3.8, 4) is 17.3 Å². The molecule has 2 aromatic carbocycles. The lowest BCUT2D eigenvalue weighted by atomic mass is 10.1. The van der Waals surface area contributed by atoms with Gasteiger partial charge < -0.3 is 10.3 Å². The van der Waals surface area contributed by atoms with Crippen LogP contribution in [-0.4, -0.2) is 21.1 Å². The average Bonchev–Trinajstić information content (AvgIpc) is 2.70. The number of aromatic nitrogens is 2. The van der Waals surface area contributed by atoms with Crippen molar-refractivity contribution in [1.82, 2.24) is 9.97 Å². The zero-order valence-corrected chi connectivity index (χ0v) is 16.2. The van der Waals surface area contributed by atoms with E-state index < -0.39 is 10.8 Å². The van der Waals surface area contributed by atoms with E-state index in [0.717, 1.165) is 17.3 Å². The number of H-pyrrole nitrogens is 1. The highest BCUT2D eigenvalue weighted by atomic mass is 32.2. The Bertz CT molecular complexity index is 1090. The van der Waals surface area contributed by atoms with E-state index in [9.17, 15) is 14.9 Å². The van der Waals surface area contributed by atoms with Crippen molar-refractivity contribution in [2.24, 2.45) is 0 Å². The molecule has 140 valence electrons. The maximum atomic E-state index is 12.5. The van der Waals surface area contributed by atoms with Gasteiger partial charge in [-0.15, -0.1) is 0 Å². The number of nitrogens with one attached hydrogen (secondary N) is 2. The molecule has 0 radical (unpaired) electrons. The van der Waals surface area contributed by atoms with Crippen LogP contribution in [0.15, 0.2) is 64.5 Å². The van der Waals surface area contributed by atoms with E-state index in [1.807, 2.05) is 55.5 Å². The summed E-state index contributed by atoms with van der Waals surface area (Å²) in [5.41, 5.74) is 2.21. The van der Waals surface area contributed by atoms with Crippen molar-refractivity contribution in [1.29, 1.82) is 5.26 Å². The lowest BCUT2D eigenvalue weighted by molar-refractivity contribution is -0.115. The number of nitriles is 1. The number of aryl methyl sites for hydroxylation is 1. The minimum Gasteiger partial charge on any atom is -0.325 e. The van der Waals surface area contributed by atoms with Crippen LogP contribution in [0.5, 0.6) is 0 Å². The van der Waals surface area contributed by atoms with E-state index in [2.05, 4.69) is 15.3 Å². The molecule has 1 unspecified atom stereocenters. The van der Waals surface area contributed by atoms with Gasteiger partial charge in [0.05, 0.1) is 10.9 Å². The third-order valence-electron chi connectivity index (χ3n) is 4.03. The van der Waals surface area contributed by atoms with Crippen LogP contribution in [0.3, 0.4) is 0 Å². The number of thioether (sulfide) groups is 1. The van der Waals surface area contributed by atoms with Gasteiger partial charge in [0.2, 0.25) is 5.91 Å². The average molecular weight is 390 g/mol. The number of benzene rings is 2. The highest BCUT2D eigenvalue weighted by Gasteiger charge is 2.19. The molecule has 1 atom stereocenters. The summed E-state index contributed by atoms with van der Waals surface area (Å²) < 4.78 is 0. The predicted molar refractivity (Wildman–Crippen MR) is 110 cm³/mol. The van der Waals surface area contributed by atoms with Crippen molar-refractivity contribution in [3.05, 3.63) is 76.1 Å². The summed E-state index contributed by atoms with van der Waals surface area (Å²) in [7, 11) is 0. The first-order valence-corrected chi connectivity index (χ1v) is 9.50. The Balaban J connectivity index is 1.83. The van der Waals surface area contributed by atoms with Crippen LogP contribution in [0.25, 0.3) is 11.3 Å². The van der Waals surface area contributed by atoms with Gasteiger partial charge in [-0.25, -0.2) is 4.98 Å². The Labute approximate surface area is 166 Å². The van der Waals surface area contributed by atoms with Gasteiger partial charge in [-0.05, 0) is 26.0 Å². The maximum Gasteiger partial charge on any atom is 0.270 e. The lowest BCUT2D eigenvalue weighted by Crippen LogP contribution is -2.23. The largest absolute Gasteiger partial charge is 0.325 e. The van der Waals surface area contributed by atoms with Gasteiger partial charge in [0.25, 0.3) is 5.56 Å². The molecule has 1 heterocycles. The van der Waals surface area contributed by atoms with Crippen LogP contribution in [-0.2, 0) is 4.79 Å². The van der Waals surface area contributed by atoms with Crippen LogP contribution < -0.4 is 10.9 Å². The third kappa shape index (κ3) is 4.48. The van der Waals surface area contributed by atoms with E-state index in [4.69, 9.17) is 0 Å². The first kappa shape index (κ1) is 19.4. The summed E-state index contributed by atoms with van der Waals surface area (Å²) in [4.78, 5) is 31.8.